The molecule has 0 unspecified atom stereocenters. The highest BCUT2D eigenvalue weighted by molar-refractivity contribution is 6.36. The number of benzene rings is 1. The van der Waals surface area contributed by atoms with E-state index in [-0.39, 0.29) is 5.91 Å². The first-order valence-corrected chi connectivity index (χ1v) is 9.14. The molecule has 1 aromatic heterocycles. The zero-order chi connectivity index (χ0) is 17.8. The summed E-state index contributed by atoms with van der Waals surface area (Å²) in [6.45, 7) is 1.82. The van der Waals surface area contributed by atoms with Crippen LogP contribution >= 0.6 is 23.2 Å². The van der Waals surface area contributed by atoms with Crippen LogP contribution in [0.25, 0.3) is 0 Å². The number of amides is 1. The Kier molecular flexibility index (Phi) is 5.76. The minimum Gasteiger partial charge on any atom is -0.367 e. The first-order chi connectivity index (χ1) is 12.0. The zero-order valence-corrected chi connectivity index (χ0v) is 15.5. The van der Waals surface area contributed by atoms with Gasteiger partial charge in [0.25, 0.3) is 5.91 Å². The molecule has 0 aliphatic heterocycles. The zero-order valence-electron chi connectivity index (χ0n) is 14.0. The number of halogens is 2. The average molecular weight is 379 g/mol. The predicted octanol–water partition coefficient (Wildman–Crippen LogP) is 5.09. The molecule has 2 aromatic rings. The van der Waals surface area contributed by atoms with Crippen LogP contribution in [0, 0.1) is 6.92 Å². The highest BCUT2D eigenvalue weighted by atomic mass is 35.5. The summed E-state index contributed by atoms with van der Waals surface area (Å²) in [5.74, 6) is 0.345. The van der Waals surface area contributed by atoms with E-state index in [4.69, 9.17) is 23.2 Å². The largest absolute Gasteiger partial charge is 0.367 e. The molecule has 7 heteroatoms. The summed E-state index contributed by atoms with van der Waals surface area (Å²) in [7, 11) is 0. The standard InChI is InChI=1S/C18H20Cl2N4O/c1-11-14(19)7-13(8-15(11)20)24-18(25)16-9-17(22-10-21-16)23-12-5-3-2-4-6-12/h7-10,12H,2-6H2,1H3,(H,24,25)(H,21,22,23). The average Bonchev–Trinajstić information content (AvgIpc) is 2.61. The normalized spacial score (nSPS) is 15.0. The maximum atomic E-state index is 12.5. The van der Waals surface area contributed by atoms with Gasteiger partial charge in [-0.2, -0.15) is 0 Å². The Morgan fingerprint density at radius 1 is 1.08 bits per heavy atom. The number of nitrogens with one attached hydrogen (secondary N) is 2. The van der Waals surface area contributed by atoms with Gasteiger partial charge in [0.1, 0.15) is 17.8 Å². The van der Waals surface area contributed by atoms with E-state index in [1.54, 1.807) is 18.2 Å². The summed E-state index contributed by atoms with van der Waals surface area (Å²) in [4.78, 5) is 20.7. The molecular formula is C18H20Cl2N4O. The van der Waals surface area contributed by atoms with Gasteiger partial charge in [-0.15, -0.1) is 0 Å². The fourth-order valence-electron chi connectivity index (χ4n) is 2.93. The summed E-state index contributed by atoms with van der Waals surface area (Å²) < 4.78 is 0. The summed E-state index contributed by atoms with van der Waals surface area (Å²) in [6, 6.07) is 5.42. The molecule has 2 N–H and O–H groups in total. The number of aromatic nitrogens is 2. The number of nitrogens with zero attached hydrogens (tertiary/aromatic N) is 2. The fraction of sp³-hybridized carbons (Fsp3) is 0.389. The fourth-order valence-corrected chi connectivity index (χ4v) is 3.42. The van der Waals surface area contributed by atoms with Crippen LogP contribution in [0.2, 0.25) is 10.0 Å². The first kappa shape index (κ1) is 18.0. The van der Waals surface area contributed by atoms with E-state index < -0.39 is 0 Å². The third-order valence-electron chi connectivity index (χ3n) is 4.40. The van der Waals surface area contributed by atoms with Gasteiger partial charge in [-0.25, -0.2) is 9.97 Å². The molecule has 1 heterocycles. The van der Waals surface area contributed by atoms with Crippen LogP contribution in [0.15, 0.2) is 24.5 Å². The highest BCUT2D eigenvalue weighted by Crippen LogP contribution is 2.28. The molecule has 1 aliphatic carbocycles. The SMILES string of the molecule is Cc1c(Cl)cc(NC(=O)c2cc(NC3CCCCC3)ncn2)cc1Cl. The van der Waals surface area contributed by atoms with E-state index in [0.29, 0.717) is 33.3 Å². The Balaban J connectivity index is 1.70. The van der Waals surface area contributed by atoms with E-state index in [9.17, 15) is 4.79 Å². The summed E-state index contributed by atoms with van der Waals surface area (Å²) in [5, 5.41) is 7.17. The Morgan fingerprint density at radius 2 is 1.76 bits per heavy atom. The second-order valence-electron chi connectivity index (χ2n) is 6.29. The van der Waals surface area contributed by atoms with E-state index in [1.807, 2.05) is 6.92 Å². The number of hydrogen-bond donors (Lipinski definition) is 2. The number of carbonyl (C=O) groups is 1. The quantitative estimate of drug-likeness (QED) is 0.777. The Bertz CT molecular complexity index is 752. The molecular weight excluding hydrogens is 359 g/mol. The molecule has 25 heavy (non-hydrogen) atoms. The van der Waals surface area contributed by atoms with Gasteiger partial charge in [0.15, 0.2) is 0 Å². The molecule has 0 atom stereocenters. The van der Waals surface area contributed by atoms with Crippen LogP contribution in [-0.4, -0.2) is 21.9 Å². The van der Waals surface area contributed by atoms with Crippen molar-refractivity contribution in [3.05, 3.63) is 45.8 Å². The second-order valence-corrected chi connectivity index (χ2v) is 7.10. The molecule has 1 aliphatic rings. The third kappa shape index (κ3) is 4.61. The lowest BCUT2D eigenvalue weighted by Gasteiger charge is -2.23. The third-order valence-corrected chi connectivity index (χ3v) is 5.18. The minimum absolute atomic E-state index is 0.293. The minimum atomic E-state index is -0.329. The molecule has 0 saturated heterocycles. The number of rotatable bonds is 4. The Hall–Kier alpha value is -1.85. The molecule has 0 radical (unpaired) electrons. The molecule has 1 saturated carbocycles. The van der Waals surface area contributed by atoms with Crippen molar-refractivity contribution in [2.24, 2.45) is 0 Å². The van der Waals surface area contributed by atoms with Gasteiger partial charge < -0.3 is 10.6 Å². The number of carbonyl (C=O) groups excluding carboxylic acids is 1. The smallest absolute Gasteiger partial charge is 0.274 e. The number of hydrogen-bond acceptors (Lipinski definition) is 4. The lowest BCUT2D eigenvalue weighted by atomic mass is 9.95. The summed E-state index contributed by atoms with van der Waals surface area (Å²) in [5.41, 5.74) is 1.61. The molecule has 132 valence electrons. The van der Waals surface area contributed by atoms with Crippen molar-refractivity contribution < 1.29 is 4.79 Å². The maximum absolute atomic E-state index is 12.5. The first-order valence-electron chi connectivity index (χ1n) is 8.38. The Labute approximate surface area is 157 Å². The maximum Gasteiger partial charge on any atom is 0.274 e. The predicted molar refractivity (Wildman–Crippen MR) is 102 cm³/mol. The van der Waals surface area contributed by atoms with E-state index in [2.05, 4.69) is 20.6 Å². The lowest BCUT2D eigenvalue weighted by molar-refractivity contribution is 0.102. The van der Waals surface area contributed by atoms with E-state index in [1.165, 1.54) is 25.6 Å². The van der Waals surface area contributed by atoms with Crippen LogP contribution < -0.4 is 10.6 Å². The van der Waals surface area contributed by atoms with Gasteiger partial charge in [-0.1, -0.05) is 42.5 Å². The summed E-state index contributed by atoms with van der Waals surface area (Å²) in [6.07, 6.45) is 7.40. The topological polar surface area (TPSA) is 66.9 Å². The van der Waals surface area contributed by atoms with Gasteiger partial charge in [-0.3, -0.25) is 4.79 Å². The molecule has 0 spiro atoms. The van der Waals surface area contributed by atoms with Crippen LogP contribution in [-0.2, 0) is 0 Å². The number of anilines is 2. The van der Waals surface area contributed by atoms with Crippen LogP contribution in [0.5, 0.6) is 0 Å². The van der Waals surface area contributed by atoms with E-state index >= 15 is 0 Å². The van der Waals surface area contributed by atoms with Crippen LogP contribution in [0.1, 0.15) is 48.2 Å². The van der Waals surface area contributed by atoms with Crippen molar-refractivity contribution in [3.63, 3.8) is 0 Å². The van der Waals surface area contributed by atoms with Crippen LogP contribution in [0.4, 0.5) is 11.5 Å². The monoisotopic (exact) mass is 378 g/mol. The molecule has 5 nitrogen and oxygen atoms in total. The molecule has 0 bridgehead atoms. The lowest BCUT2D eigenvalue weighted by Crippen LogP contribution is -2.23. The van der Waals surface area contributed by atoms with Crippen molar-refractivity contribution in [1.82, 2.24) is 9.97 Å². The van der Waals surface area contributed by atoms with Crippen LogP contribution in [0.3, 0.4) is 0 Å². The molecule has 1 aromatic carbocycles. The van der Waals surface area contributed by atoms with Crippen molar-refractivity contribution in [2.45, 2.75) is 45.1 Å². The van der Waals surface area contributed by atoms with Gasteiger partial charge in [-0.05, 0) is 37.5 Å². The van der Waals surface area contributed by atoms with Gasteiger partial charge >= 0.3 is 0 Å². The van der Waals surface area contributed by atoms with Crippen molar-refractivity contribution >= 4 is 40.6 Å². The van der Waals surface area contributed by atoms with Gasteiger partial charge in [0.2, 0.25) is 0 Å². The van der Waals surface area contributed by atoms with Crippen molar-refractivity contribution in [1.29, 1.82) is 0 Å². The molecule has 1 fully saturated rings. The van der Waals surface area contributed by atoms with Gasteiger partial charge in [0, 0.05) is 27.8 Å². The summed E-state index contributed by atoms with van der Waals surface area (Å²) >= 11 is 12.2. The second kappa shape index (κ2) is 8.02. The van der Waals surface area contributed by atoms with Crippen molar-refractivity contribution in [2.75, 3.05) is 10.6 Å². The Morgan fingerprint density at radius 3 is 2.44 bits per heavy atom. The van der Waals surface area contributed by atoms with Gasteiger partial charge in [0.05, 0.1) is 0 Å². The van der Waals surface area contributed by atoms with Crippen molar-refractivity contribution in [3.8, 4) is 0 Å². The molecule has 1 amide bonds. The van der Waals surface area contributed by atoms with E-state index in [0.717, 1.165) is 18.4 Å². The highest BCUT2D eigenvalue weighted by Gasteiger charge is 2.15. The molecule has 3 rings (SSSR count).